The molecule has 7 rings (SSSR count). The van der Waals surface area contributed by atoms with Crippen LogP contribution in [0.2, 0.25) is 0 Å². The maximum Gasteiger partial charge on any atom is 0.253 e. The summed E-state index contributed by atoms with van der Waals surface area (Å²) in [4.78, 5) is 168. The Kier molecular flexibility index (Phi) is 39.3. The number of rotatable bonds is 39. The van der Waals surface area contributed by atoms with Gasteiger partial charge in [0.05, 0.1) is 164 Å². The quantitative estimate of drug-likeness (QED) is 0.0169. The Balaban J connectivity index is 0.948. The van der Waals surface area contributed by atoms with Crippen LogP contribution in [0.25, 0.3) is 0 Å². The van der Waals surface area contributed by atoms with E-state index in [-0.39, 0.29) is 80.4 Å². The number of primary amides is 1. The number of aliphatic hydroxyl groups is 3. The Labute approximate surface area is 652 Å². The molecular weight excluding hydrogens is 1500 g/mol. The molecule has 37 nitrogen and oxygen atoms in total. The SMILES string of the molecule is CC[C@H](C)[C@@H]1CCNC(=O)CNC(=O)[C@@H]2CC3c4ccc(OC)c(CSC5CCN(C(=O)CCOCCOCCOCCOCCOCCOCCOCCOCCN6C(=O)C=CC6=O)CC5)c4NC3[S+]([O-])C[C@@H](NC(=O)CNC1=O)C(=O)N[C@@H](CCC(N)=O)C(=O)N1C[C@H](O)CC1C(=O)N[C@@H]([C@@H](C)[C@@H](O)CO)C(=O)N2. The summed E-state index contributed by atoms with van der Waals surface area (Å²) >= 11 is -0.745. The van der Waals surface area contributed by atoms with Crippen LogP contribution < -0.4 is 53.0 Å². The van der Waals surface area contributed by atoms with E-state index >= 15 is 9.35 Å². The molecule has 39 heteroatoms. The molecule has 6 aliphatic heterocycles. The second-order valence-corrected chi connectivity index (χ2v) is 30.6. The lowest BCUT2D eigenvalue weighted by Crippen LogP contribution is -2.62. The first-order valence-electron chi connectivity index (χ1n) is 37.9. The molecule has 4 unspecified atom stereocenters. The monoisotopic (exact) mass is 1610 g/mol. The molecule has 13 N–H and O–H groups in total. The van der Waals surface area contributed by atoms with Crippen molar-refractivity contribution in [3.05, 3.63) is 35.4 Å². The lowest BCUT2D eigenvalue weighted by atomic mass is 9.88. The number of imide groups is 1. The Hall–Kier alpha value is -7.38. The fourth-order valence-corrected chi connectivity index (χ4v) is 16.3. The Morgan fingerprint density at radius 3 is 1.82 bits per heavy atom. The van der Waals surface area contributed by atoms with E-state index in [2.05, 4.69) is 42.5 Å². The minimum atomic E-state index is -2.33. The average Bonchev–Trinajstić information content (AvgIpc) is 1.61. The summed E-state index contributed by atoms with van der Waals surface area (Å²) in [6.45, 7) is 8.83. The number of thioether (sulfide) groups is 1. The third kappa shape index (κ3) is 28.9. The summed E-state index contributed by atoms with van der Waals surface area (Å²) in [5.41, 5.74) is 7.05. The van der Waals surface area contributed by atoms with Gasteiger partial charge in [-0.2, -0.15) is 11.8 Å². The van der Waals surface area contributed by atoms with Crippen molar-refractivity contribution in [2.45, 2.75) is 143 Å². The fourth-order valence-electron chi connectivity index (χ4n) is 13.4. The maximum atomic E-state index is 15.7. The highest BCUT2D eigenvalue weighted by atomic mass is 32.2. The van der Waals surface area contributed by atoms with Crippen LogP contribution in [0.1, 0.15) is 95.6 Å². The van der Waals surface area contributed by atoms with Crippen molar-refractivity contribution in [3.8, 4) is 5.75 Å². The van der Waals surface area contributed by atoms with Gasteiger partial charge in [-0.1, -0.05) is 33.3 Å². The summed E-state index contributed by atoms with van der Waals surface area (Å²) < 4.78 is 65.9. The predicted molar refractivity (Wildman–Crippen MR) is 400 cm³/mol. The van der Waals surface area contributed by atoms with E-state index in [9.17, 15) is 68.1 Å². The van der Waals surface area contributed by atoms with Crippen LogP contribution in [0, 0.1) is 17.8 Å². The molecule has 0 aromatic heterocycles. The summed E-state index contributed by atoms with van der Waals surface area (Å²) in [6, 6.07) is -5.11. The number of nitrogens with two attached hydrogens (primary N) is 1. The molecule has 0 aliphatic carbocycles. The van der Waals surface area contributed by atoms with Crippen LogP contribution in [-0.4, -0.2) is 329 Å². The topological polar surface area (TPSA) is 504 Å². The number of amides is 12. The third-order valence-electron chi connectivity index (χ3n) is 20.0. The molecule has 2 bridgehead atoms. The van der Waals surface area contributed by atoms with E-state index in [1.807, 2.05) is 13.8 Å². The number of piperidine rings is 1. The van der Waals surface area contributed by atoms with Gasteiger partial charge in [-0.15, -0.1) is 0 Å². The molecule has 4 saturated heterocycles. The van der Waals surface area contributed by atoms with E-state index in [0.717, 1.165) is 9.80 Å². The number of anilines is 1. The standard InChI is InChI=1S/C72H112N12O25S2/c1-5-44(2)48-12-16-74-59(89)38-76-67(95)53-37-50-49-6-8-57(101-4)51(42-110-47-13-17-82(18-14-47)61(91)15-20-102-22-24-104-26-28-106-30-32-108-34-35-109-33-31-107-29-27-105-25-23-103-21-19-83-62(92)10-11-63(83)93)65(49)81-71(50)111(100)43-54(77-60(90)39-75-66(48)94)68(96)78-52(7-9-58(73)88)72(99)84-40-46(86)36-55(84)69(97)80-64(70(98)79-53)45(3)56(87)41-85/h6,8,10-11,44-48,50,52-56,64,71,81,85-87H,5,7,9,12-43H2,1-4H3,(H2,73,88)(H,74,89)(H,75,94)(H,76,95)(H,77,90)(H,78,96)(H,79,98)(H,80,97)/t44-,45-,46+,48-,50?,52-,53-,54+,55?,56-,64-,71?,111?/m0/s1. The van der Waals surface area contributed by atoms with Gasteiger partial charge in [0, 0.05) is 85.3 Å². The molecule has 13 atom stereocenters. The number of likely N-dealkylation sites (tertiary alicyclic amines) is 1. The van der Waals surface area contributed by atoms with E-state index < -0.39 is 188 Å². The average molecular weight is 1610 g/mol. The maximum absolute atomic E-state index is 15.7. The summed E-state index contributed by atoms with van der Waals surface area (Å²) in [5.74, 6) is -12.3. The molecule has 4 fully saturated rings. The first-order chi connectivity index (χ1) is 53.4. The van der Waals surface area contributed by atoms with Crippen LogP contribution in [0.15, 0.2) is 24.3 Å². The second-order valence-electron chi connectivity index (χ2n) is 27.7. The van der Waals surface area contributed by atoms with Gasteiger partial charge in [0.15, 0.2) is 11.4 Å². The number of benzene rings is 1. The first-order valence-corrected chi connectivity index (χ1v) is 40.3. The van der Waals surface area contributed by atoms with E-state index in [0.29, 0.717) is 141 Å². The smallest absolute Gasteiger partial charge is 0.253 e. The molecule has 111 heavy (non-hydrogen) atoms. The molecule has 1 aromatic carbocycles. The predicted octanol–water partition coefficient (Wildman–Crippen LogP) is -4.07. The van der Waals surface area contributed by atoms with Crippen LogP contribution in [0.5, 0.6) is 5.75 Å². The van der Waals surface area contributed by atoms with Gasteiger partial charge >= 0.3 is 0 Å². The van der Waals surface area contributed by atoms with Gasteiger partial charge in [-0.3, -0.25) is 62.4 Å². The number of nitrogens with zero attached hydrogens (tertiary/aromatic N) is 3. The minimum absolute atomic E-state index is 0.0351. The Bertz CT molecular complexity index is 3270. The van der Waals surface area contributed by atoms with Gasteiger partial charge in [0.1, 0.15) is 35.7 Å². The lowest BCUT2D eigenvalue weighted by Gasteiger charge is -2.34. The van der Waals surface area contributed by atoms with Crippen molar-refractivity contribution in [3.63, 3.8) is 0 Å². The number of hydrogen-bond donors (Lipinski definition) is 12. The zero-order valence-corrected chi connectivity index (χ0v) is 65.3. The largest absolute Gasteiger partial charge is 0.615 e. The fraction of sp³-hybridized carbons (Fsp3) is 0.722. The number of carbonyl (C=O) groups is 12. The molecular formula is C72H112N12O25S2. The van der Waals surface area contributed by atoms with Crippen molar-refractivity contribution in [1.29, 1.82) is 0 Å². The highest BCUT2D eigenvalue weighted by Gasteiger charge is 2.49. The number of methoxy groups -OCH3 is 1. The lowest BCUT2D eigenvalue weighted by molar-refractivity contribution is -0.143. The highest BCUT2D eigenvalue weighted by Crippen LogP contribution is 2.48. The van der Waals surface area contributed by atoms with Crippen molar-refractivity contribution in [1.82, 2.24) is 51.9 Å². The molecule has 6 aliphatic rings. The Morgan fingerprint density at radius 2 is 1.24 bits per heavy atom. The third-order valence-corrected chi connectivity index (χ3v) is 23.1. The van der Waals surface area contributed by atoms with Crippen LogP contribution in [-0.2, 0) is 112 Å². The number of fused-ring (bicyclic) bond motifs is 5. The number of carbonyl (C=O) groups excluding carboxylic acids is 12. The minimum Gasteiger partial charge on any atom is -0.615 e. The van der Waals surface area contributed by atoms with Crippen LogP contribution in [0.3, 0.4) is 0 Å². The van der Waals surface area contributed by atoms with E-state index in [1.54, 1.807) is 28.8 Å². The molecule has 1 aromatic rings. The van der Waals surface area contributed by atoms with Crippen molar-refractivity contribution >= 4 is 99.5 Å². The summed E-state index contributed by atoms with van der Waals surface area (Å²) in [5, 5.41) is 52.8. The van der Waals surface area contributed by atoms with Gasteiger partial charge in [0.25, 0.3) is 11.8 Å². The Morgan fingerprint density at radius 1 is 0.667 bits per heavy atom. The highest BCUT2D eigenvalue weighted by molar-refractivity contribution is 7.99. The van der Waals surface area contributed by atoms with Crippen LogP contribution >= 0.6 is 11.8 Å². The van der Waals surface area contributed by atoms with E-state index in [4.69, 9.17) is 48.4 Å². The number of aliphatic hydroxyl groups excluding tert-OH is 3. The van der Waals surface area contributed by atoms with Gasteiger partial charge in [-0.05, 0) is 60.8 Å². The van der Waals surface area contributed by atoms with Gasteiger partial charge in [0.2, 0.25) is 59.1 Å². The molecule has 622 valence electrons. The summed E-state index contributed by atoms with van der Waals surface area (Å²) in [6.07, 6.45) is -0.286. The number of hydrogen-bond acceptors (Lipinski definition) is 27. The van der Waals surface area contributed by atoms with E-state index in [1.165, 1.54) is 26.2 Å². The van der Waals surface area contributed by atoms with Crippen molar-refractivity contribution in [2.75, 3.05) is 176 Å². The molecule has 12 amide bonds. The van der Waals surface area contributed by atoms with Crippen LogP contribution in [0.4, 0.5) is 5.69 Å². The summed E-state index contributed by atoms with van der Waals surface area (Å²) in [7, 11) is 1.47. The number of nitrogens with one attached hydrogen (secondary N) is 8. The second kappa shape index (κ2) is 48.0. The molecule has 0 radical (unpaired) electrons. The molecule has 0 spiro atoms. The number of ether oxygens (including phenoxy) is 9. The van der Waals surface area contributed by atoms with Crippen molar-refractivity contribution in [2.24, 2.45) is 23.5 Å². The normalized spacial score (nSPS) is 25.0. The molecule has 6 heterocycles. The van der Waals surface area contributed by atoms with Gasteiger partial charge in [-0.25, -0.2) is 0 Å². The van der Waals surface area contributed by atoms with Crippen molar-refractivity contribution < 1.29 is 120 Å². The zero-order valence-electron chi connectivity index (χ0n) is 63.6. The first kappa shape index (κ1) is 90.8. The van der Waals surface area contributed by atoms with Gasteiger partial charge < -0.3 is 121 Å². The molecule has 0 saturated carbocycles. The zero-order chi connectivity index (χ0) is 80.4.